The highest BCUT2D eigenvalue weighted by Crippen LogP contribution is 2.31. The van der Waals surface area contributed by atoms with Crippen LogP contribution in [0.25, 0.3) is 11.1 Å². The highest BCUT2D eigenvalue weighted by Gasteiger charge is 2.13. The Hall–Kier alpha value is -1.52. The van der Waals surface area contributed by atoms with Crippen LogP contribution in [0.1, 0.15) is 16.0 Å². The van der Waals surface area contributed by atoms with Crippen LogP contribution in [0.15, 0.2) is 51.7 Å². The van der Waals surface area contributed by atoms with Crippen LogP contribution in [0.3, 0.4) is 0 Å². The summed E-state index contributed by atoms with van der Waals surface area (Å²) in [6.07, 6.45) is 0.766. The van der Waals surface area contributed by atoms with Crippen LogP contribution >= 0.6 is 27.5 Å². The Labute approximate surface area is 135 Å². The maximum Gasteiger partial charge on any atom is 0.419 e. The first kappa shape index (κ1) is 14.4. The molecule has 1 heterocycles. The second kappa shape index (κ2) is 5.70. The molecule has 5 heteroatoms. The first-order chi connectivity index (χ1) is 10.1. The van der Waals surface area contributed by atoms with E-state index in [0.29, 0.717) is 5.58 Å². The van der Waals surface area contributed by atoms with Crippen molar-refractivity contribution in [3.05, 3.63) is 69.2 Å². The first-order valence-corrected chi connectivity index (χ1v) is 7.82. The number of aryl methyl sites for hydroxylation is 1. The molecule has 2 aromatic carbocycles. The molecule has 0 aliphatic carbocycles. The van der Waals surface area contributed by atoms with Crippen molar-refractivity contribution >= 4 is 38.6 Å². The Bertz CT molecular complexity index is 853. The normalized spacial score (nSPS) is 12.7. The van der Waals surface area contributed by atoms with Crippen molar-refractivity contribution in [1.29, 1.82) is 0 Å². The van der Waals surface area contributed by atoms with Gasteiger partial charge < -0.3 is 4.42 Å². The summed E-state index contributed by atoms with van der Waals surface area (Å²) in [7, 11) is 1.70. The van der Waals surface area contributed by atoms with Gasteiger partial charge in [-0.1, -0.05) is 51.8 Å². The number of nitrogens with zero attached hydrogens (tertiary/aromatic N) is 1. The molecule has 0 fully saturated rings. The molecule has 21 heavy (non-hydrogen) atoms. The Morgan fingerprint density at radius 3 is 2.81 bits per heavy atom. The van der Waals surface area contributed by atoms with Gasteiger partial charge in [-0.2, -0.15) is 0 Å². The van der Waals surface area contributed by atoms with E-state index in [1.54, 1.807) is 7.05 Å². The molecular weight excluding hydrogens is 354 g/mol. The second-order valence-corrected chi connectivity index (χ2v) is 6.43. The van der Waals surface area contributed by atoms with Gasteiger partial charge in [0.2, 0.25) is 0 Å². The molecule has 3 nitrogen and oxygen atoms in total. The van der Waals surface area contributed by atoms with Gasteiger partial charge in [0.25, 0.3) is 0 Å². The summed E-state index contributed by atoms with van der Waals surface area (Å²) in [6.45, 7) is 0. The zero-order valence-electron chi connectivity index (χ0n) is 11.3. The predicted octanol–water partition coefficient (Wildman–Crippen LogP) is 4.46. The third-order valence-electron chi connectivity index (χ3n) is 3.54. The van der Waals surface area contributed by atoms with E-state index in [9.17, 15) is 4.79 Å². The molecular formula is C16H13BrClNO2. The van der Waals surface area contributed by atoms with Crippen LogP contribution in [-0.2, 0) is 13.5 Å². The van der Waals surface area contributed by atoms with Crippen LogP contribution in [-0.4, -0.2) is 4.57 Å². The number of rotatable bonds is 3. The smallest absolute Gasteiger partial charge is 0.408 e. The molecule has 0 spiro atoms. The molecule has 1 atom stereocenters. The maximum atomic E-state index is 11.5. The molecule has 1 unspecified atom stereocenters. The maximum absolute atomic E-state index is 11.5. The molecule has 0 amide bonds. The van der Waals surface area contributed by atoms with Gasteiger partial charge in [0.1, 0.15) is 0 Å². The van der Waals surface area contributed by atoms with Crippen molar-refractivity contribution in [2.45, 2.75) is 11.2 Å². The molecule has 3 rings (SSSR count). The molecule has 0 saturated carbocycles. The molecule has 3 aromatic rings. The number of oxazole rings is 1. The topological polar surface area (TPSA) is 35.1 Å². The van der Waals surface area contributed by atoms with Gasteiger partial charge in [0, 0.05) is 16.9 Å². The largest absolute Gasteiger partial charge is 0.419 e. The van der Waals surface area contributed by atoms with Crippen LogP contribution in [0.2, 0.25) is 5.02 Å². The fourth-order valence-corrected chi connectivity index (χ4v) is 3.17. The fourth-order valence-electron chi connectivity index (χ4n) is 2.32. The zero-order valence-corrected chi connectivity index (χ0v) is 13.7. The molecule has 108 valence electrons. The van der Waals surface area contributed by atoms with E-state index in [4.69, 9.17) is 16.0 Å². The summed E-state index contributed by atoms with van der Waals surface area (Å²) < 4.78 is 6.72. The summed E-state index contributed by atoms with van der Waals surface area (Å²) in [5.74, 6) is -0.348. The lowest BCUT2D eigenvalue weighted by Gasteiger charge is -2.11. The monoisotopic (exact) mass is 365 g/mol. The minimum atomic E-state index is -0.348. The van der Waals surface area contributed by atoms with E-state index in [1.807, 2.05) is 42.5 Å². The van der Waals surface area contributed by atoms with E-state index in [1.165, 1.54) is 4.57 Å². The average molecular weight is 367 g/mol. The van der Waals surface area contributed by atoms with E-state index < -0.39 is 0 Å². The first-order valence-electron chi connectivity index (χ1n) is 6.53. The van der Waals surface area contributed by atoms with Crippen LogP contribution < -0.4 is 5.76 Å². The minimum Gasteiger partial charge on any atom is -0.408 e. The molecule has 0 aliphatic rings. The number of benzene rings is 2. The molecule has 0 radical (unpaired) electrons. The third-order valence-corrected chi connectivity index (χ3v) is 4.76. The van der Waals surface area contributed by atoms with Gasteiger partial charge in [0.15, 0.2) is 5.58 Å². The van der Waals surface area contributed by atoms with E-state index in [-0.39, 0.29) is 10.6 Å². The lowest BCUT2D eigenvalue weighted by molar-refractivity contribution is 0.528. The number of aromatic nitrogens is 1. The van der Waals surface area contributed by atoms with Crippen molar-refractivity contribution in [2.75, 3.05) is 0 Å². The summed E-state index contributed by atoms with van der Waals surface area (Å²) in [5.41, 5.74) is 3.53. The van der Waals surface area contributed by atoms with E-state index >= 15 is 0 Å². The summed E-state index contributed by atoms with van der Waals surface area (Å²) in [6, 6.07) is 13.6. The summed E-state index contributed by atoms with van der Waals surface area (Å²) in [5, 5.41) is 0.759. The van der Waals surface area contributed by atoms with Gasteiger partial charge in [0.05, 0.1) is 5.52 Å². The van der Waals surface area contributed by atoms with Crippen molar-refractivity contribution < 1.29 is 4.42 Å². The Balaban J connectivity index is 1.93. The van der Waals surface area contributed by atoms with Gasteiger partial charge in [-0.25, -0.2) is 4.79 Å². The van der Waals surface area contributed by atoms with Crippen molar-refractivity contribution in [3.8, 4) is 0 Å². The second-order valence-electron chi connectivity index (χ2n) is 4.92. The number of fused-ring (bicyclic) bond motifs is 1. The number of hydrogen-bond acceptors (Lipinski definition) is 2. The third kappa shape index (κ3) is 2.78. The Kier molecular flexibility index (Phi) is 3.91. The molecule has 0 bridgehead atoms. The lowest BCUT2D eigenvalue weighted by atomic mass is 10.0. The number of halogens is 2. The van der Waals surface area contributed by atoms with Gasteiger partial charge >= 0.3 is 5.76 Å². The van der Waals surface area contributed by atoms with E-state index in [0.717, 1.165) is 28.1 Å². The molecule has 0 aliphatic heterocycles. The molecule has 0 N–H and O–H groups in total. The van der Waals surface area contributed by atoms with Crippen molar-refractivity contribution in [1.82, 2.24) is 4.57 Å². The van der Waals surface area contributed by atoms with Crippen molar-refractivity contribution in [3.63, 3.8) is 0 Å². The van der Waals surface area contributed by atoms with Crippen LogP contribution in [0.4, 0.5) is 0 Å². The number of alkyl halides is 1. The fraction of sp³-hybridized carbons (Fsp3) is 0.188. The number of hydrogen-bond donors (Lipinski definition) is 0. The van der Waals surface area contributed by atoms with Crippen LogP contribution in [0.5, 0.6) is 0 Å². The minimum absolute atomic E-state index is 0.104. The quantitative estimate of drug-likeness (QED) is 0.641. The lowest BCUT2D eigenvalue weighted by Crippen LogP contribution is -2.08. The van der Waals surface area contributed by atoms with Crippen LogP contribution in [0, 0.1) is 0 Å². The summed E-state index contributed by atoms with van der Waals surface area (Å²) >= 11 is 9.87. The Morgan fingerprint density at radius 2 is 2.05 bits per heavy atom. The molecule has 0 saturated heterocycles. The van der Waals surface area contributed by atoms with Gasteiger partial charge in [-0.15, -0.1) is 0 Å². The predicted molar refractivity (Wildman–Crippen MR) is 88.3 cm³/mol. The van der Waals surface area contributed by atoms with E-state index in [2.05, 4.69) is 15.9 Å². The van der Waals surface area contributed by atoms with Crippen molar-refractivity contribution in [2.24, 2.45) is 7.05 Å². The highest BCUT2D eigenvalue weighted by molar-refractivity contribution is 9.09. The molecule has 1 aromatic heterocycles. The Morgan fingerprint density at radius 1 is 1.29 bits per heavy atom. The summed E-state index contributed by atoms with van der Waals surface area (Å²) in [4.78, 5) is 11.6. The highest BCUT2D eigenvalue weighted by atomic mass is 79.9. The average Bonchev–Trinajstić information content (AvgIpc) is 2.76. The van der Waals surface area contributed by atoms with Gasteiger partial charge in [-0.3, -0.25) is 4.57 Å². The SMILES string of the molecule is Cn1c(=O)oc2cc(C(Br)Cc3ccccc3Cl)ccc21. The van der Waals surface area contributed by atoms with Gasteiger partial charge in [-0.05, 0) is 35.7 Å². The standard InChI is InChI=1S/C16H13BrClNO2/c1-19-14-7-6-10(9-15(14)21-16(19)20)12(17)8-11-4-2-3-5-13(11)18/h2-7,9,12H,8H2,1H3. The zero-order chi connectivity index (χ0) is 15.0.